The molecule has 8 nitrogen and oxygen atoms in total. The third kappa shape index (κ3) is 5.34. The lowest BCUT2D eigenvalue weighted by Crippen LogP contribution is -2.39. The van der Waals surface area contributed by atoms with Crippen molar-refractivity contribution < 1.29 is 9.59 Å². The summed E-state index contributed by atoms with van der Waals surface area (Å²) in [6, 6.07) is 3.64. The van der Waals surface area contributed by atoms with Crippen molar-refractivity contribution in [1.82, 2.24) is 30.4 Å². The van der Waals surface area contributed by atoms with Crippen molar-refractivity contribution in [3.05, 3.63) is 24.5 Å². The maximum Gasteiger partial charge on any atom is 0.239 e. The Hall–Kier alpha value is -2.42. The summed E-state index contributed by atoms with van der Waals surface area (Å²) in [6.07, 6.45) is 4.21. The van der Waals surface area contributed by atoms with Crippen LogP contribution in [0.5, 0.6) is 0 Å². The normalized spacial score (nSPS) is 10.4. The molecule has 0 aliphatic rings. The Morgan fingerprint density at radius 3 is 2.79 bits per heavy atom. The van der Waals surface area contributed by atoms with Crippen LogP contribution in [0.3, 0.4) is 0 Å². The van der Waals surface area contributed by atoms with Gasteiger partial charge in [-0.2, -0.15) is 0 Å². The van der Waals surface area contributed by atoms with Crippen LogP contribution in [0, 0.1) is 0 Å². The largest absolute Gasteiger partial charge is 0.355 e. The number of nitrogens with one attached hydrogen (secondary N) is 2. The van der Waals surface area contributed by atoms with Crippen molar-refractivity contribution in [1.29, 1.82) is 0 Å². The van der Waals surface area contributed by atoms with E-state index in [1.165, 1.54) is 16.7 Å². The maximum atomic E-state index is 12.1. The van der Waals surface area contributed by atoms with E-state index in [0.717, 1.165) is 12.0 Å². The number of hydrogen-bond acceptors (Lipinski definition) is 6. The molecule has 2 rings (SSSR count). The van der Waals surface area contributed by atoms with Crippen LogP contribution in [0.15, 0.2) is 29.7 Å². The Labute approximate surface area is 144 Å². The zero-order chi connectivity index (χ0) is 17.4. The average molecular weight is 348 g/mol. The van der Waals surface area contributed by atoms with Crippen LogP contribution in [-0.2, 0) is 9.59 Å². The van der Waals surface area contributed by atoms with Crippen molar-refractivity contribution in [3.8, 4) is 11.4 Å². The quantitative estimate of drug-likeness (QED) is 0.688. The molecule has 0 fully saturated rings. The molecule has 0 spiro atoms. The monoisotopic (exact) mass is 348 g/mol. The summed E-state index contributed by atoms with van der Waals surface area (Å²) in [5.41, 5.74) is 0.875. The Kier molecular flexibility index (Phi) is 6.74. The second-order valence-electron chi connectivity index (χ2n) is 5.09. The first-order valence-electron chi connectivity index (χ1n) is 7.56. The first-order chi connectivity index (χ1) is 11.6. The fourth-order valence-corrected chi connectivity index (χ4v) is 2.55. The van der Waals surface area contributed by atoms with Crippen LogP contribution in [0.4, 0.5) is 0 Å². The Balaban J connectivity index is 1.81. The van der Waals surface area contributed by atoms with E-state index >= 15 is 0 Å². The lowest BCUT2D eigenvalue weighted by Gasteiger charge is -2.15. The van der Waals surface area contributed by atoms with E-state index in [2.05, 4.69) is 25.5 Å². The smallest absolute Gasteiger partial charge is 0.239 e. The maximum absolute atomic E-state index is 12.1. The molecular weight excluding hydrogens is 328 g/mol. The number of pyridine rings is 1. The number of rotatable bonds is 8. The molecule has 0 bridgehead atoms. The third-order valence-corrected chi connectivity index (χ3v) is 3.95. The SMILES string of the molecule is CCCNC(=O)CN(C)C(=O)CSc1n[nH]c(-c2ccncc2)n1. The van der Waals surface area contributed by atoms with Gasteiger partial charge in [-0.3, -0.25) is 19.7 Å². The number of thioether (sulfide) groups is 1. The summed E-state index contributed by atoms with van der Waals surface area (Å²) < 4.78 is 0. The lowest BCUT2D eigenvalue weighted by molar-refractivity contribution is -0.132. The second kappa shape index (κ2) is 9.02. The minimum absolute atomic E-state index is 0.0512. The average Bonchev–Trinajstić information content (AvgIpc) is 3.07. The molecule has 2 amide bonds. The number of aromatic amines is 1. The summed E-state index contributed by atoms with van der Waals surface area (Å²) >= 11 is 1.23. The Morgan fingerprint density at radius 2 is 2.08 bits per heavy atom. The Bertz CT molecular complexity index is 676. The zero-order valence-corrected chi connectivity index (χ0v) is 14.5. The van der Waals surface area contributed by atoms with Gasteiger partial charge in [-0.1, -0.05) is 18.7 Å². The molecule has 2 N–H and O–H groups in total. The van der Waals surface area contributed by atoms with E-state index in [0.29, 0.717) is 17.5 Å². The molecular formula is C15H20N6O2S. The van der Waals surface area contributed by atoms with Crippen LogP contribution in [0.1, 0.15) is 13.3 Å². The van der Waals surface area contributed by atoms with Crippen molar-refractivity contribution in [2.45, 2.75) is 18.5 Å². The fraction of sp³-hybridized carbons (Fsp3) is 0.400. The van der Waals surface area contributed by atoms with E-state index in [9.17, 15) is 9.59 Å². The molecule has 9 heteroatoms. The van der Waals surface area contributed by atoms with Crippen molar-refractivity contribution in [3.63, 3.8) is 0 Å². The minimum atomic E-state index is -0.157. The van der Waals surface area contributed by atoms with Gasteiger partial charge in [0.15, 0.2) is 5.82 Å². The molecule has 2 aromatic rings. The summed E-state index contributed by atoms with van der Waals surface area (Å²) in [7, 11) is 1.61. The van der Waals surface area contributed by atoms with Gasteiger partial charge in [-0.25, -0.2) is 4.98 Å². The predicted octanol–water partition coefficient (Wildman–Crippen LogP) is 0.943. The molecule has 0 saturated heterocycles. The first kappa shape index (κ1) is 17.9. The number of hydrogen-bond donors (Lipinski definition) is 2. The summed E-state index contributed by atoms with van der Waals surface area (Å²) in [4.78, 5) is 33.3. The number of aromatic nitrogens is 4. The topological polar surface area (TPSA) is 104 Å². The summed E-state index contributed by atoms with van der Waals surface area (Å²) in [5.74, 6) is 0.489. The molecule has 128 valence electrons. The molecule has 0 aliphatic heterocycles. The van der Waals surface area contributed by atoms with Gasteiger partial charge in [-0.15, -0.1) is 5.10 Å². The van der Waals surface area contributed by atoms with E-state index in [1.54, 1.807) is 19.4 Å². The molecule has 24 heavy (non-hydrogen) atoms. The van der Waals surface area contributed by atoms with Gasteiger partial charge >= 0.3 is 0 Å². The lowest BCUT2D eigenvalue weighted by atomic mass is 10.3. The third-order valence-electron chi connectivity index (χ3n) is 3.12. The van der Waals surface area contributed by atoms with Crippen molar-refractivity contribution >= 4 is 23.6 Å². The van der Waals surface area contributed by atoms with Gasteiger partial charge in [0.1, 0.15) is 0 Å². The highest BCUT2D eigenvalue weighted by molar-refractivity contribution is 7.99. The van der Waals surface area contributed by atoms with Crippen LogP contribution in [0.2, 0.25) is 0 Å². The molecule has 0 aromatic carbocycles. The molecule has 0 saturated carbocycles. The first-order valence-corrected chi connectivity index (χ1v) is 8.55. The van der Waals surface area contributed by atoms with Gasteiger partial charge in [0.2, 0.25) is 17.0 Å². The highest BCUT2D eigenvalue weighted by Crippen LogP contribution is 2.18. The van der Waals surface area contributed by atoms with Crippen LogP contribution >= 0.6 is 11.8 Å². The van der Waals surface area contributed by atoms with Gasteiger partial charge in [0.25, 0.3) is 0 Å². The van der Waals surface area contributed by atoms with E-state index in [-0.39, 0.29) is 24.1 Å². The minimum Gasteiger partial charge on any atom is -0.355 e. The molecule has 2 heterocycles. The van der Waals surface area contributed by atoms with Gasteiger partial charge in [0.05, 0.1) is 12.3 Å². The van der Waals surface area contributed by atoms with Gasteiger partial charge in [0, 0.05) is 31.5 Å². The molecule has 0 atom stereocenters. The van der Waals surface area contributed by atoms with E-state index in [4.69, 9.17) is 0 Å². The molecule has 0 unspecified atom stereocenters. The standard InChI is InChI=1S/C15H20N6O2S/c1-3-6-17-12(22)9-21(2)13(23)10-24-15-18-14(19-20-15)11-4-7-16-8-5-11/h4-5,7-8H,3,6,9-10H2,1-2H3,(H,17,22)(H,18,19,20). The van der Waals surface area contributed by atoms with Crippen LogP contribution in [0.25, 0.3) is 11.4 Å². The van der Waals surface area contributed by atoms with E-state index in [1.807, 2.05) is 19.1 Å². The summed E-state index contributed by atoms with van der Waals surface area (Å²) in [5, 5.41) is 10.1. The van der Waals surface area contributed by atoms with E-state index < -0.39 is 0 Å². The number of amides is 2. The highest BCUT2D eigenvalue weighted by atomic mass is 32.2. The molecule has 0 radical (unpaired) electrons. The molecule has 0 aliphatic carbocycles. The van der Waals surface area contributed by atoms with Gasteiger partial charge < -0.3 is 10.2 Å². The van der Waals surface area contributed by atoms with Crippen molar-refractivity contribution in [2.75, 3.05) is 25.9 Å². The van der Waals surface area contributed by atoms with Crippen LogP contribution < -0.4 is 5.32 Å². The number of nitrogens with zero attached hydrogens (tertiary/aromatic N) is 4. The number of carbonyl (C=O) groups excluding carboxylic acids is 2. The van der Waals surface area contributed by atoms with Crippen LogP contribution in [-0.4, -0.2) is 62.8 Å². The molecule has 2 aromatic heterocycles. The highest BCUT2D eigenvalue weighted by Gasteiger charge is 2.14. The number of carbonyl (C=O) groups is 2. The fourth-order valence-electron chi connectivity index (χ4n) is 1.81. The zero-order valence-electron chi connectivity index (χ0n) is 13.7. The van der Waals surface area contributed by atoms with Crippen molar-refractivity contribution in [2.24, 2.45) is 0 Å². The predicted molar refractivity (Wildman–Crippen MR) is 91.3 cm³/mol. The Morgan fingerprint density at radius 1 is 1.33 bits per heavy atom. The number of likely N-dealkylation sites (N-methyl/N-ethyl adjacent to an activating group) is 1. The number of H-pyrrole nitrogens is 1. The van der Waals surface area contributed by atoms with Gasteiger partial charge in [-0.05, 0) is 18.6 Å². The second-order valence-corrected chi connectivity index (χ2v) is 6.03. The summed E-state index contributed by atoms with van der Waals surface area (Å²) in [6.45, 7) is 2.64.